The van der Waals surface area contributed by atoms with Gasteiger partial charge in [-0.25, -0.2) is 17.7 Å². The number of carbonyl (C=O) groups excluding carboxylic acids is 2. The van der Waals surface area contributed by atoms with Gasteiger partial charge in [0.05, 0.1) is 28.6 Å². The second kappa shape index (κ2) is 8.81. The maximum Gasteiger partial charge on any atom is 0.252 e. The van der Waals surface area contributed by atoms with Crippen LogP contribution in [0.4, 0.5) is 10.1 Å². The molecule has 0 bridgehead atoms. The number of amides is 2. The number of halogens is 1. The van der Waals surface area contributed by atoms with Crippen molar-refractivity contribution in [2.24, 2.45) is 0 Å². The van der Waals surface area contributed by atoms with E-state index in [-0.39, 0.29) is 11.3 Å². The molecule has 2 aromatic carbocycles. The molecule has 0 N–H and O–H groups in total. The molecule has 1 heterocycles. The average Bonchev–Trinajstić information content (AvgIpc) is 3.08. The number of rotatable bonds is 5. The molecule has 1 saturated carbocycles. The maximum atomic E-state index is 13.6. The molecular formula is C23H22FN3O4S. The van der Waals surface area contributed by atoms with E-state index in [9.17, 15) is 22.4 Å². The highest BCUT2D eigenvalue weighted by molar-refractivity contribution is 7.89. The summed E-state index contributed by atoms with van der Waals surface area (Å²) in [6.45, 7) is 0. The summed E-state index contributed by atoms with van der Waals surface area (Å²) >= 11 is 0. The van der Waals surface area contributed by atoms with Crippen LogP contribution in [0.3, 0.4) is 0 Å². The third-order valence-electron chi connectivity index (χ3n) is 6.01. The van der Waals surface area contributed by atoms with Crippen LogP contribution in [0.15, 0.2) is 53.4 Å². The number of sulfonamides is 1. The number of nitrogens with zero attached hydrogens (tertiary/aromatic N) is 3. The van der Waals surface area contributed by atoms with Crippen LogP contribution >= 0.6 is 0 Å². The maximum absolute atomic E-state index is 13.6. The molecule has 1 aliphatic heterocycles. The van der Waals surface area contributed by atoms with Crippen molar-refractivity contribution in [3.63, 3.8) is 0 Å². The van der Waals surface area contributed by atoms with Gasteiger partial charge in [-0.05, 0) is 61.4 Å². The standard InChI is InChI=1S/C23H22FN3O4S/c24-17-8-12-20(13-9-17)32(30,31)27(19-4-2-1-3-5-19)21-14-22(28)26(23(21)29)18-10-6-16(15-25)7-11-18/h6-13,19,21H,1-5,14H2. The first-order valence-corrected chi connectivity index (χ1v) is 11.9. The first kappa shape index (κ1) is 22.1. The van der Waals surface area contributed by atoms with E-state index in [1.54, 1.807) is 0 Å². The van der Waals surface area contributed by atoms with E-state index in [4.69, 9.17) is 5.26 Å². The summed E-state index contributed by atoms with van der Waals surface area (Å²) in [4.78, 5) is 27.1. The summed E-state index contributed by atoms with van der Waals surface area (Å²) in [6, 6.07) is 10.9. The fourth-order valence-electron chi connectivity index (χ4n) is 4.45. The molecule has 0 radical (unpaired) electrons. The van der Waals surface area contributed by atoms with Crippen LogP contribution in [0.1, 0.15) is 44.1 Å². The van der Waals surface area contributed by atoms with Gasteiger partial charge in [0.2, 0.25) is 15.9 Å². The lowest BCUT2D eigenvalue weighted by atomic mass is 9.94. The Bertz CT molecular complexity index is 1170. The lowest BCUT2D eigenvalue weighted by molar-refractivity contribution is -0.122. The predicted octanol–water partition coefficient (Wildman–Crippen LogP) is 3.35. The van der Waals surface area contributed by atoms with Crippen molar-refractivity contribution >= 4 is 27.5 Å². The molecule has 1 saturated heterocycles. The van der Waals surface area contributed by atoms with Crippen LogP contribution in [0.2, 0.25) is 0 Å². The minimum atomic E-state index is -4.15. The number of carbonyl (C=O) groups is 2. The van der Waals surface area contributed by atoms with Gasteiger partial charge in [-0.3, -0.25) is 9.59 Å². The molecule has 1 aliphatic carbocycles. The van der Waals surface area contributed by atoms with Crippen molar-refractivity contribution in [2.75, 3.05) is 4.90 Å². The van der Waals surface area contributed by atoms with E-state index < -0.39 is 39.7 Å². The summed E-state index contributed by atoms with van der Waals surface area (Å²) in [5.41, 5.74) is 0.677. The molecule has 2 amide bonds. The summed E-state index contributed by atoms with van der Waals surface area (Å²) < 4.78 is 41.8. The Kier molecular flexibility index (Phi) is 6.09. The second-order valence-corrected chi connectivity index (χ2v) is 9.87. The third kappa shape index (κ3) is 4.04. The Morgan fingerprint density at radius 1 is 0.969 bits per heavy atom. The van der Waals surface area contributed by atoms with Gasteiger partial charge in [-0.1, -0.05) is 19.3 Å². The molecule has 7 nitrogen and oxygen atoms in total. The predicted molar refractivity (Wildman–Crippen MR) is 114 cm³/mol. The van der Waals surface area contributed by atoms with Gasteiger partial charge in [-0.15, -0.1) is 0 Å². The summed E-state index contributed by atoms with van der Waals surface area (Å²) in [7, 11) is -4.15. The number of nitriles is 1. The number of anilines is 1. The first-order chi connectivity index (χ1) is 15.3. The molecule has 1 atom stereocenters. The van der Waals surface area contributed by atoms with E-state index in [2.05, 4.69) is 0 Å². The fraction of sp³-hybridized carbons (Fsp3) is 0.348. The van der Waals surface area contributed by atoms with Gasteiger partial charge in [0, 0.05) is 6.04 Å². The zero-order chi connectivity index (χ0) is 22.9. The normalized spacial score (nSPS) is 20.0. The molecule has 4 rings (SSSR count). The van der Waals surface area contributed by atoms with Gasteiger partial charge < -0.3 is 0 Å². The largest absolute Gasteiger partial charge is 0.274 e. The quantitative estimate of drug-likeness (QED) is 0.644. The molecule has 2 fully saturated rings. The molecule has 2 aromatic rings. The first-order valence-electron chi connectivity index (χ1n) is 10.5. The molecule has 9 heteroatoms. The van der Waals surface area contributed by atoms with Crippen molar-refractivity contribution in [3.8, 4) is 6.07 Å². The zero-order valence-electron chi connectivity index (χ0n) is 17.3. The molecule has 0 spiro atoms. The number of imide groups is 1. The topological polar surface area (TPSA) is 98.5 Å². The second-order valence-electron chi connectivity index (χ2n) is 8.03. The van der Waals surface area contributed by atoms with Crippen LogP contribution in [-0.2, 0) is 19.6 Å². The number of benzene rings is 2. The summed E-state index contributed by atoms with van der Waals surface area (Å²) in [6.07, 6.45) is 3.55. The van der Waals surface area contributed by atoms with Crippen LogP contribution < -0.4 is 4.90 Å². The zero-order valence-corrected chi connectivity index (χ0v) is 18.1. The lowest BCUT2D eigenvalue weighted by Crippen LogP contribution is -2.51. The van der Waals surface area contributed by atoms with Gasteiger partial charge in [0.25, 0.3) is 5.91 Å². The minimum absolute atomic E-state index is 0.110. The third-order valence-corrected chi connectivity index (χ3v) is 7.98. The summed E-state index contributed by atoms with van der Waals surface area (Å²) in [5.74, 6) is -1.68. The molecule has 2 aliphatic rings. The van der Waals surface area contributed by atoms with Crippen molar-refractivity contribution in [1.29, 1.82) is 5.26 Å². The van der Waals surface area contributed by atoms with E-state index >= 15 is 0 Å². The van der Waals surface area contributed by atoms with Gasteiger partial charge in [0.15, 0.2) is 0 Å². The Labute approximate surface area is 186 Å². The Morgan fingerprint density at radius 3 is 2.19 bits per heavy atom. The van der Waals surface area contributed by atoms with Gasteiger partial charge in [-0.2, -0.15) is 9.57 Å². The van der Waals surface area contributed by atoms with Gasteiger partial charge >= 0.3 is 0 Å². The number of hydrogen-bond acceptors (Lipinski definition) is 5. The molecule has 0 aromatic heterocycles. The Balaban J connectivity index is 1.72. The van der Waals surface area contributed by atoms with Crippen molar-refractivity contribution in [1.82, 2.24) is 4.31 Å². The molecule has 32 heavy (non-hydrogen) atoms. The minimum Gasteiger partial charge on any atom is -0.274 e. The van der Waals surface area contributed by atoms with Crippen molar-refractivity contribution < 1.29 is 22.4 Å². The SMILES string of the molecule is N#Cc1ccc(N2C(=O)CC(N(C3CCCCC3)S(=O)(=O)c3ccc(F)cc3)C2=O)cc1. The fourth-order valence-corrected chi connectivity index (χ4v) is 6.28. The lowest BCUT2D eigenvalue weighted by Gasteiger charge is -2.36. The van der Waals surface area contributed by atoms with Crippen LogP contribution in [-0.4, -0.2) is 36.6 Å². The summed E-state index contributed by atoms with van der Waals surface area (Å²) in [5, 5.41) is 8.98. The van der Waals surface area contributed by atoms with E-state index in [1.165, 1.54) is 40.7 Å². The van der Waals surface area contributed by atoms with Crippen LogP contribution in [0, 0.1) is 17.1 Å². The molecule has 1 unspecified atom stereocenters. The van der Waals surface area contributed by atoms with Crippen LogP contribution in [0.25, 0.3) is 0 Å². The average molecular weight is 456 g/mol. The highest BCUT2D eigenvalue weighted by Gasteiger charge is 2.49. The van der Waals surface area contributed by atoms with Crippen LogP contribution in [0.5, 0.6) is 0 Å². The van der Waals surface area contributed by atoms with E-state index in [1.807, 2.05) is 6.07 Å². The van der Waals surface area contributed by atoms with Crippen molar-refractivity contribution in [3.05, 3.63) is 59.9 Å². The Morgan fingerprint density at radius 2 is 1.59 bits per heavy atom. The smallest absolute Gasteiger partial charge is 0.252 e. The van der Waals surface area contributed by atoms with Crippen molar-refractivity contribution in [2.45, 2.75) is 55.5 Å². The Hall–Kier alpha value is -3.09. The van der Waals surface area contributed by atoms with Gasteiger partial charge in [0.1, 0.15) is 11.9 Å². The number of hydrogen-bond donors (Lipinski definition) is 0. The molecule has 166 valence electrons. The van der Waals surface area contributed by atoms with E-state index in [0.29, 0.717) is 24.1 Å². The monoisotopic (exact) mass is 455 g/mol. The van der Waals surface area contributed by atoms with E-state index in [0.717, 1.165) is 36.3 Å². The highest BCUT2D eigenvalue weighted by Crippen LogP contribution is 2.35. The molecular weight excluding hydrogens is 433 g/mol. The highest BCUT2D eigenvalue weighted by atomic mass is 32.2.